The van der Waals surface area contributed by atoms with Crippen molar-refractivity contribution < 1.29 is 14.3 Å². The Balaban J connectivity index is 2.89. The minimum Gasteiger partial charge on any atom is -0.488 e. The fourth-order valence-corrected chi connectivity index (χ4v) is 2.34. The second-order valence-electron chi connectivity index (χ2n) is 4.01. The van der Waals surface area contributed by atoms with Gasteiger partial charge in [-0.1, -0.05) is 19.1 Å². The van der Waals surface area contributed by atoms with Crippen LogP contribution in [-0.4, -0.2) is 19.2 Å². The number of carbonyl (C=O) groups excluding carboxylic acids is 1. The number of rotatable bonds is 6. The summed E-state index contributed by atoms with van der Waals surface area (Å²) in [6.07, 6.45) is 5.01. The number of esters is 1. The van der Waals surface area contributed by atoms with Gasteiger partial charge in [0.2, 0.25) is 0 Å². The number of allylic oxidation sites excluding steroid dienone is 1. The Morgan fingerprint density at radius 2 is 2.05 bits per heavy atom. The lowest BCUT2D eigenvalue weighted by Crippen LogP contribution is -2.08. The molecule has 0 bridgehead atoms. The lowest BCUT2D eigenvalue weighted by atomic mass is 10.1. The average Bonchev–Trinajstić information content (AvgIpc) is 2.37. The van der Waals surface area contributed by atoms with Crippen molar-refractivity contribution in [3.05, 3.63) is 39.0 Å². The predicted molar refractivity (Wildman–Crippen MR) is 84.8 cm³/mol. The van der Waals surface area contributed by atoms with Crippen molar-refractivity contribution in [3.63, 3.8) is 0 Å². The van der Waals surface area contributed by atoms with Crippen LogP contribution in [0.25, 0.3) is 0 Å². The third kappa shape index (κ3) is 4.86. The molecule has 1 aromatic carbocycles. The number of hydrogen-bond donors (Lipinski definition) is 0. The Bertz CT molecular complexity index is 467. The molecule has 0 radical (unpaired) electrons. The molecule has 0 aromatic heterocycles. The van der Waals surface area contributed by atoms with Gasteiger partial charge in [0.05, 0.1) is 15.7 Å². The van der Waals surface area contributed by atoms with Crippen molar-refractivity contribution >= 4 is 28.6 Å². The second kappa shape index (κ2) is 8.19. The number of hydrogen-bond acceptors (Lipinski definition) is 3. The van der Waals surface area contributed by atoms with Crippen molar-refractivity contribution in [2.24, 2.45) is 0 Å². The first-order chi connectivity index (χ1) is 9.10. The standard InChI is InChI=1S/C15H19IO3/c1-4-6-7-8-19-14-10-12(15(17)18-5-2)11(3)9-13(14)16/h6-7,9-10H,4-5,8H2,1-3H3/b7-6-. The van der Waals surface area contributed by atoms with E-state index in [0.717, 1.165) is 21.3 Å². The van der Waals surface area contributed by atoms with Crippen molar-refractivity contribution in [3.8, 4) is 5.75 Å². The molecule has 0 unspecified atom stereocenters. The first-order valence-electron chi connectivity index (χ1n) is 6.35. The van der Waals surface area contributed by atoms with Crippen LogP contribution in [0.15, 0.2) is 24.3 Å². The zero-order valence-corrected chi connectivity index (χ0v) is 13.7. The van der Waals surface area contributed by atoms with Crippen LogP contribution in [0.1, 0.15) is 36.2 Å². The smallest absolute Gasteiger partial charge is 0.338 e. The van der Waals surface area contributed by atoms with Crippen LogP contribution in [0.5, 0.6) is 5.75 Å². The Kier molecular flexibility index (Phi) is 6.91. The van der Waals surface area contributed by atoms with Gasteiger partial charge in [-0.15, -0.1) is 0 Å². The molecule has 1 aromatic rings. The van der Waals surface area contributed by atoms with Gasteiger partial charge in [-0.25, -0.2) is 4.79 Å². The monoisotopic (exact) mass is 374 g/mol. The van der Waals surface area contributed by atoms with E-state index in [0.29, 0.717) is 18.8 Å². The third-order valence-electron chi connectivity index (χ3n) is 2.51. The normalized spacial score (nSPS) is 10.7. The summed E-state index contributed by atoms with van der Waals surface area (Å²) in [5.41, 5.74) is 1.47. The largest absolute Gasteiger partial charge is 0.488 e. The van der Waals surface area contributed by atoms with Gasteiger partial charge in [-0.05, 0) is 60.6 Å². The van der Waals surface area contributed by atoms with Crippen LogP contribution in [-0.2, 0) is 4.74 Å². The fraction of sp³-hybridized carbons (Fsp3) is 0.400. The van der Waals surface area contributed by atoms with E-state index in [9.17, 15) is 4.79 Å². The minimum atomic E-state index is -0.301. The molecule has 0 spiro atoms. The fourth-order valence-electron chi connectivity index (χ4n) is 1.56. The Hall–Kier alpha value is -1.04. The van der Waals surface area contributed by atoms with Gasteiger partial charge in [0.1, 0.15) is 12.4 Å². The highest BCUT2D eigenvalue weighted by atomic mass is 127. The average molecular weight is 374 g/mol. The number of halogens is 1. The van der Waals surface area contributed by atoms with E-state index in [1.807, 2.05) is 25.1 Å². The van der Waals surface area contributed by atoms with Crippen molar-refractivity contribution in [1.82, 2.24) is 0 Å². The molecule has 0 saturated carbocycles. The van der Waals surface area contributed by atoms with Crippen molar-refractivity contribution in [2.75, 3.05) is 13.2 Å². The van der Waals surface area contributed by atoms with E-state index < -0.39 is 0 Å². The molecule has 0 N–H and O–H groups in total. The van der Waals surface area contributed by atoms with Crippen molar-refractivity contribution in [1.29, 1.82) is 0 Å². The molecular formula is C15H19IO3. The van der Waals surface area contributed by atoms with Gasteiger partial charge in [0, 0.05) is 0 Å². The Morgan fingerprint density at radius 3 is 2.68 bits per heavy atom. The third-order valence-corrected chi connectivity index (χ3v) is 3.35. The zero-order valence-electron chi connectivity index (χ0n) is 11.5. The van der Waals surface area contributed by atoms with E-state index in [1.54, 1.807) is 13.0 Å². The maximum atomic E-state index is 11.8. The van der Waals surface area contributed by atoms with Gasteiger partial charge in [0.25, 0.3) is 0 Å². The number of carbonyl (C=O) groups is 1. The van der Waals surface area contributed by atoms with E-state index in [-0.39, 0.29) is 5.97 Å². The summed E-state index contributed by atoms with van der Waals surface area (Å²) in [5, 5.41) is 0. The Morgan fingerprint density at radius 1 is 1.32 bits per heavy atom. The quantitative estimate of drug-likeness (QED) is 0.427. The van der Waals surface area contributed by atoms with Gasteiger partial charge in [-0.2, -0.15) is 0 Å². The highest BCUT2D eigenvalue weighted by molar-refractivity contribution is 14.1. The van der Waals surface area contributed by atoms with E-state index in [4.69, 9.17) is 9.47 Å². The zero-order chi connectivity index (χ0) is 14.3. The van der Waals surface area contributed by atoms with Gasteiger partial charge < -0.3 is 9.47 Å². The summed E-state index contributed by atoms with van der Waals surface area (Å²) in [6, 6.07) is 3.70. The second-order valence-corrected chi connectivity index (χ2v) is 5.17. The Labute approximate surface area is 128 Å². The highest BCUT2D eigenvalue weighted by Gasteiger charge is 2.13. The lowest BCUT2D eigenvalue weighted by molar-refractivity contribution is 0.0525. The molecular weight excluding hydrogens is 355 g/mol. The van der Waals surface area contributed by atoms with E-state index in [1.165, 1.54) is 0 Å². The van der Waals surface area contributed by atoms with Crippen LogP contribution in [0.2, 0.25) is 0 Å². The van der Waals surface area contributed by atoms with Crippen molar-refractivity contribution in [2.45, 2.75) is 27.2 Å². The molecule has 0 atom stereocenters. The molecule has 4 heteroatoms. The van der Waals surface area contributed by atoms with Crippen LogP contribution >= 0.6 is 22.6 Å². The number of aryl methyl sites for hydroxylation is 1. The molecule has 1 rings (SSSR count). The molecule has 0 aliphatic rings. The molecule has 19 heavy (non-hydrogen) atoms. The summed E-state index contributed by atoms with van der Waals surface area (Å²) in [7, 11) is 0. The minimum absolute atomic E-state index is 0.301. The molecule has 104 valence electrons. The van der Waals surface area contributed by atoms with Crippen LogP contribution in [0.3, 0.4) is 0 Å². The predicted octanol–water partition coefficient (Wildman–Crippen LogP) is 4.12. The molecule has 3 nitrogen and oxygen atoms in total. The molecule has 0 heterocycles. The van der Waals surface area contributed by atoms with Gasteiger partial charge in [-0.3, -0.25) is 0 Å². The van der Waals surface area contributed by atoms with Crippen LogP contribution < -0.4 is 4.74 Å². The number of ether oxygens (including phenoxy) is 2. The van der Waals surface area contributed by atoms with Gasteiger partial charge in [0.15, 0.2) is 0 Å². The molecule has 0 fully saturated rings. The lowest BCUT2D eigenvalue weighted by Gasteiger charge is -2.11. The number of benzene rings is 1. The first kappa shape index (κ1) is 16.0. The summed E-state index contributed by atoms with van der Waals surface area (Å²) < 4.78 is 11.7. The molecule has 0 aliphatic heterocycles. The molecule has 0 saturated heterocycles. The summed E-state index contributed by atoms with van der Waals surface area (Å²) in [4.78, 5) is 11.8. The molecule has 0 aliphatic carbocycles. The maximum absolute atomic E-state index is 11.8. The van der Waals surface area contributed by atoms with E-state index >= 15 is 0 Å². The summed E-state index contributed by atoms with van der Waals surface area (Å²) in [6.45, 7) is 6.65. The topological polar surface area (TPSA) is 35.5 Å². The van der Waals surface area contributed by atoms with Gasteiger partial charge >= 0.3 is 5.97 Å². The highest BCUT2D eigenvalue weighted by Crippen LogP contribution is 2.25. The molecule has 0 amide bonds. The first-order valence-corrected chi connectivity index (χ1v) is 7.43. The summed E-state index contributed by atoms with van der Waals surface area (Å²) >= 11 is 2.21. The maximum Gasteiger partial charge on any atom is 0.338 e. The SMILES string of the molecule is CC/C=C\COc1cc(C(=O)OCC)c(C)cc1I. The van der Waals surface area contributed by atoms with Crippen LogP contribution in [0.4, 0.5) is 0 Å². The van der Waals surface area contributed by atoms with E-state index in [2.05, 4.69) is 29.5 Å². The summed E-state index contributed by atoms with van der Waals surface area (Å²) in [5.74, 6) is 0.417. The van der Waals surface area contributed by atoms with Crippen LogP contribution in [0, 0.1) is 10.5 Å².